The second-order valence-corrected chi connectivity index (χ2v) is 3.08. The zero-order valence-corrected chi connectivity index (χ0v) is 6.47. The van der Waals surface area contributed by atoms with Crippen molar-refractivity contribution in [2.24, 2.45) is 5.84 Å². The van der Waals surface area contributed by atoms with E-state index in [1.54, 1.807) is 0 Å². The van der Waals surface area contributed by atoms with E-state index in [4.69, 9.17) is 5.84 Å². The summed E-state index contributed by atoms with van der Waals surface area (Å²) in [5.74, 6) is 5.93. The Bertz CT molecular complexity index is 79.7. The van der Waals surface area contributed by atoms with Gasteiger partial charge in [0.1, 0.15) is 0 Å². The largest absolute Gasteiger partial charge is 0.305 e. The Hall–Kier alpha value is -0.0151. The van der Waals surface area contributed by atoms with Crippen LogP contribution in [0.1, 0.15) is 38.5 Å². The molecule has 0 heterocycles. The molecule has 0 aromatic rings. The molecule has 0 unspecified atom stereocenters. The van der Waals surface area contributed by atoms with Crippen LogP contribution in [0.5, 0.6) is 0 Å². The monoisotopic (exact) mass is 139 g/mol. The molecule has 2 nitrogen and oxygen atoms in total. The van der Waals surface area contributed by atoms with Gasteiger partial charge in [0.25, 0.3) is 0 Å². The van der Waals surface area contributed by atoms with Crippen LogP contribution in [-0.2, 0) is 0 Å². The average molecular weight is 139 g/mol. The minimum atomic E-state index is 0.729. The molecule has 0 saturated heterocycles. The summed E-state index contributed by atoms with van der Waals surface area (Å²) in [5, 5.41) is 2.64. The first-order valence-corrected chi connectivity index (χ1v) is 4.23. The van der Waals surface area contributed by atoms with Crippen LogP contribution < -0.4 is 11.2 Å². The highest BCUT2D eigenvalue weighted by Gasteiger charge is 2.11. The van der Waals surface area contributed by atoms with E-state index in [0.717, 1.165) is 5.82 Å². The number of rotatable bonds is 2. The third-order valence-electron chi connectivity index (χ3n) is 2.23. The molecule has 1 aliphatic rings. The maximum Gasteiger partial charge on any atom is 0.228 e. The van der Waals surface area contributed by atoms with Crippen LogP contribution in [0.4, 0.5) is 0 Å². The van der Waals surface area contributed by atoms with Gasteiger partial charge in [-0.05, 0) is 0 Å². The standard InChI is InChI=1S/C7H16BN2/c9-10-8-7-5-3-1-2-4-6-7/h7,10H,1-6,9H2. The Morgan fingerprint density at radius 3 is 2.20 bits per heavy atom. The molecule has 0 amide bonds. The maximum absolute atomic E-state index is 5.20. The first-order valence-electron chi connectivity index (χ1n) is 4.23. The van der Waals surface area contributed by atoms with Crippen molar-refractivity contribution in [3.63, 3.8) is 0 Å². The number of hydrogen-bond donors (Lipinski definition) is 2. The van der Waals surface area contributed by atoms with E-state index in [-0.39, 0.29) is 0 Å². The van der Waals surface area contributed by atoms with Crippen LogP contribution in [0.2, 0.25) is 5.82 Å². The summed E-state index contributed by atoms with van der Waals surface area (Å²) in [7, 11) is 2.03. The Kier molecular flexibility index (Phi) is 3.84. The normalized spacial score (nSPS) is 22.1. The van der Waals surface area contributed by atoms with Gasteiger partial charge in [-0.1, -0.05) is 44.3 Å². The molecular weight excluding hydrogens is 123 g/mol. The van der Waals surface area contributed by atoms with E-state index in [1.165, 1.54) is 38.5 Å². The summed E-state index contributed by atoms with van der Waals surface area (Å²) in [4.78, 5) is 0. The molecule has 10 heavy (non-hydrogen) atoms. The van der Waals surface area contributed by atoms with Crippen LogP contribution in [0.25, 0.3) is 0 Å². The zero-order valence-electron chi connectivity index (χ0n) is 6.47. The molecule has 0 atom stereocenters. The highest BCUT2D eigenvalue weighted by Crippen LogP contribution is 2.25. The van der Waals surface area contributed by atoms with Gasteiger partial charge in [-0.15, -0.1) is 0 Å². The molecule has 3 N–H and O–H groups in total. The molecule has 0 bridgehead atoms. The molecule has 0 aromatic carbocycles. The van der Waals surface area contributed by atoms with E-state index in [1.807, 2.05) is 7.41 Å². The lowest BCUT2D eigenvalue weighted by Crippen LogP contribution is -2.29. The second kappa shape index (κ2) is 4.75. The van der Waals surface area contributed by atoms with Gasteiger partial charge in [0.2, 0.25) is 7.41 Å². The summed E-state index contributed by atoms with van der Waals surface area (Å²) in [6.07, 6.45) is 8.23. The quantitative estimate of drug-likeness (QED) is 0.261. The molecule has 3 heteroatoms. The molecule has 1 saturated carbocycles. The van der Waals surface area contributed by atoms with Crippen molar-refractivity contribution in [2.75, 3.05) is 0 Å². The first-order chi connectivity index (χ1) is 4.93. The van der Waals surface area contributed by atoms with Crippen molar-refractivity contribution in [1.29, 1.82) is 0 Å². The van der Waals surface area contributed by atoms with Gasteiger partial charge >= 0.3 is 0 Å². The fourth-order valence-corrected chi connectivity index (χ4v) is 1.61. The lowest BCUT2D eigenvalue weighted by molar-refractivity contribution is 0.683. The molecule has 1 aliphatic carbocycles. The van der Waals surface area contributed by atoms with Crippen molar-refractivity contribution in [3.05, 3.63) is 0 Å². The Morgan fingerprint density at radius 1 is 1.10 bits per heavy atom. The van der Waals surface area contributed by atoms with Gasteiger partial charge in [0.15, 0.2) is 0 Å². The number of hydrogen-bond acceptors (Lipinski definition) is 2. The molecule has 0 aliphatic heterocycles. The minimum Gasteiger partial charge on any atom is -0.305 e. The molecule has 0 aromatic heterocycles. The van der Waals surface area contributed by atoms with Gasteiger partial charge in [0, 0.05) is 0 Å². The molecule has 1 fully saturated rings. The molecule has 1 rings (SSSR count). The lowest BCUT2D eigenvalue weighted by atomic mass is 9.72. The van der Waals surface area contributed by atoms with Gasteiger partial charge in [-0.2, -0.15) is 0 Å². The topological polar surface area (TPSA) is 38.0 Å². The molecule has 0 spiro atoms. The minimum absolute atomic E-state index is 0.729. The van der Waals surface area contributed by atoms with Crippen LogP contribution in [0, 0.1) is 0 Å². The van der Waals surface area contributed by atoms with Gasteiger partial charge in [0.05, 0.1) is 0 Å². The molecule has 1 radical (unpaired) electrons. The summed E-state index contributed by atoms with van der Waals surface area (Å²) in [6.45, 7) is 0. The summed E-state index contributed by atoms with van der Waals surface area (Å²) in [6, 6.07) is 0. The highest BCUT2D eigenvalue weighted by atomic mass is 15.1. The van der Waals surface area contributed by atoms with E-state index in [9.17, 15) is 0 Å². The molecule has 57 valence electrons. The van der Waals surface area contributed by atoms with Crippen molar-refractivity contribution in [3.8, 4) is 0 Å². The van der Waals surface area contributed by atoms with Crippen LogP contribution in [-0.4, -0.2) is 7.41 Å². The number of hydrazine groups is 1. The Balaban J connectivity index is 2.15. The summed E-state index contributed by atoms with van der Waals surface area (Å²) >= 11 is 0. The molecular formula is C7H16BN2. The number of nitrogens with two attached hydrogens (primary N) is 1. The highest BCUT2D eigenvalue weighted by molar-refractivity contribution is 6.34. The fourth-order valence-electron chi connectivity index (χ4n) is 1.61. The third-order valence-corrected chi connectivity index (χ3v) is 2.23. The van der Waals surface area contributed by atoms with Gasteiger partial charge in [-0.25, -0.2) is 0 Å². The van der Waals surface area contributed by atoms with E-state index in [2.05, 4.69) is 5.34 Å². The van der Waals surface area contributed by atoms with Gasteiger partial charge < -0.3 is 5.34 Å². The third kappa shape index (κ3) is 2.71. The average Bonchev–Trinajstić information content (AvgIpc) is 2.17. The van der Waals surface area contributed by atoms with E-state index >= 15 is 0 Å². The van der Waals surface area contributed by atoms with Crippen molar-refractivity contribution in [2.45, 2.75) is 44.3 Å². The summed E-state index contributed by atoms with van der Waals surface area (Å²) in [5.41, 5.74) is 0. The fraction of sp³-hybridized carbons (Fsp3) is 1.00. The van der Waals surface area contributed by atoms with E-state index < -0.39 is 0 Å². The lowest BCUT2D eigenvalue weighted by Gasteiger charge is -2.09. The smallest absolute Gasteiger partial charge is 0.228 e. The zero-order chi connectivity index (χ0) is 7.23. The van der Waals surface area contributed by atoms with Crippen molar-refractivity contribution in [1.82, 2.24) is 5.34 Å². The second-order valence-electron chi connectivity index (χ2n) is 3.08. The van der Waals surface area contributed by atoms with Crippen LogP contribution in [0.15, 0.2) is 0 Å². The van der Waals surface area contributed by atoms with Gasteiger partial charge in [-0.3, -0.25) is 5.84 Å². The van der Waals surface area contributed by atoms with Crippen molar-refractivity contribution < 1.29 is 0 Å². The Labute approximate surface area is 63.8 Å². The number of nitrogens with one attached hydrogen (secondary N) is 1. The maximum atomic E-state index is 5.20. The first kappa shape index (κ1) is 8.09. The predicted octanol–water partition coefficient (Wildman–Crippen LogP) is 1.21. The van der Waals surface area contributed by atoms with Crippen LogP contribution >= 0.6 is 0 Å². The SMILES string of the molecule is NN[B]C1CCCCCC1. The Morgan fingerprint density at radius 2 is 1.70 bits per heavy atom. The predicted molar refractivity (Wildman–Crippen MR) is 44.5 cm³/mol. The summed E-state index contributed by atoms with van der Waals surface area (Å²) < 4.78 is 0. The van der Waals surface area contributed by atoms with E-state index in [0.29, 0.717) is 0 Å². The van der Waals surface area contributed by atoms with Crippen LogP contribution in [0.3, 0.4) is 0 Å². The van der Waals surface area contributed by atoms with Crippen molar-refractivity contribution >= 4 is 7.41 Å².